The highest BCUT2D eigenvalue weighted by Gasteiger charge is 2.24. The quantitative estimate of drug-likeness (QED) is 0.668. The van der Waals surface area contributed by atoms with Crippen LogP contribution in [-0.2, 0) is 13.6 Å². The van der Waals surface area contributed by atoms with Crippen molar-refractivity contribution in [3.05, 3.63) is 71.9 Å². The van der Waals surface area contributed by atoms with E-state index in [0.29, 0.717) is 6.04 Å². The van der Waals surface area contributed by atoms with Crippen LogP contribution in [0.2, 0.25) is 0 Å². The summed E-state index contributed by atoms with van der Waals surface area (Å²) >= 11 is 0. The second-order valence-electron chi connectivity index (χ2n) is 6.68. The fourth-order valence-electron chi connectivity index (χ4n) is 4.00. The first-order chi connectivity index (χ1) is 11.3. The van der Waals surface area contributed by atoms with Gasteiger partial charge in [-0.3, -0.25) is 4.90 Å². The number of piperidine rings is 1. The van der Waals surface area contributed by atoms with Gasteiger partial charge in [-0.15, -0.1) is 0 Å². The Morgan fingerprint density at radius 2 is 1.74 bits per heavy atom. The molecule has 0 radical (unpaired) electrons. The van der Waals surface area contributed by atoms with Crippen molar-refractivity contribution in [1.29, 1.82) is 0 Å². The third-order valence-corrected chi connectivity index (χ3v) is 5.15. The molecule has 0 bridgehead atoms. The van der Waals surface area contributed by atoms with Crippen molar-refractivity contribution >= 4 is 10.9 Å². The summed E-state index contributed by atoms with van der Waals surface area (Å²) in [6, 6.07) is 20.3. The van der Waals surface area contributed by atoms with E-state index in [1.165, 1.54) is 47.8 Å². The maximum atomic E-state index is 2.67. The predicted octanol–water partition coefficient (Wildman–Crippen LogP) is 4.91. The summed E-state index contributed by atoms with van der Waals surface area (Å²) in [4.78, 5) is 2.67. The number of para-hydroxylation sites is 1. The Balaban J connectivity index is 1.65. The second kappa shape index (κ2) is 6.21. The van der Waals surface area contributed by atoms with Crippen LogP contribution in [0.4, 0.5) is 0 Å². The minimum absolute atomic E-state index is 0.559. The highest BCUT2D eigenvalue weighted by atomic mass is 15.2. The summed E-state index contributed by atoms with van der Waals surface area (Å²) in [6.07, 6.45) is 6.23. The molecule has 1 aliphatic heterocycles. The summed E-state index contributed by atoms with van der Waals surface area (Å²) in [5.74, 6) is 0. The number of nitrogens with zero attached hydrogens (tertiary/aromatic N) is 2. The molecular weight excluding hydrogens is 280 g/mol. The van der Waals surface area contributed by atoms with E-state index in [9.17, 15) is 0 Å². The average molecular weight is 304 g/mol. The van der Waals surface area contributed by atoms with Gasteiger partial charge in [0, 0.05) is 36.7 Å². The fraction of sp³-hybridized carbons (Fsp3) is 0.333. The van der Waals surface area contributed by atoms with Gasteiger partial charge in [-0.25, -0.2) is 0 Å². The molecule has 4 rings (SSSR count). The molecule has 0 amide bonds. The van der Waals surface area contributed by atoms with Gasteiger partial charge < -0.3 is 4.57 Å². The van der Waals surface area contributed by atoms with E-state index in [1.807, 2.05) is 0 Å². The van der Waals surface area contributed by atoms with Crippen molar-refractivity contribution in [2.45, 2.75) is 31.8 Å². The standard InChI is InChI=1S/C21H24N2/c1-22-15-18(19-11-5-6-13-21(19)22)16-23-14-8-7-12-20(23)17-9-3-2-4-10-17/h2-6,9-11,13,15,20H,7-8,12,14,16H2,1H3. The maximum absolute atomic E-state index is 2.67. The van der Waals surface area contributed by atoms with Gasteiger partial charge in [0.25, 0.3) is 0 Å². The normalized spacial score (nSPS) is 19.3. The number of fused-ring (bicyclic) bond motifs is 1. The zero-order valence-electron chi connectivity index (χ0n) is 13.8. The highest BCUT2D eigenvalue weighted by Crippen LogP contribution is 2.33. The lowest BCUT2D eigenvalue weighted by atomic mass is 9.94. The number of aryl methyl sites for hydroxylation is 1. The lowest BCUT2D eigenvalue weighted by Gasteiger charge is -2.36. The van der Waals surface area contributed by atoms with Crippen molar-refractivity contribution in [3.8, 4) is 0 Å². The zero-order chi connectivity index (χ0) is 15.6. The van der Waals surface area contributed by atoms with Gasteiger partial charge in [-0.05, 0) is 36.6 Å². The number of likely N-dealkylation sites (tertiary alicyclic amines) is 1. The third-order valence-electron chi connectivity index (χ3n) is 5.15. The van der Waals surface area contributed by atoms with Crippen LogP contribution >= 0.6 is 0 Å². The second-order valence-corrected chi connectivity index (χ2v) is 6.68. The lowest BCUT2D eigenvalue weighted by molar-refractivity contribution is 0.141. The fourth-order valence-corrected chi connectivity index (χ4v) is 4.00. The van der Waals surface area contributed by atoms with E-state index in [2.05, 4.69) is 77.3 Å². The minimum Gasteiger partial charge on any atom is -0.350 e. The number of benzene rings is 2. The van der Waals surface area contributed by atoms with E-state index in [0.717, 1.165) is 6.54 Å². The summed E-state index contributed by atoms with van der Waals surface area (Å²) in [7, 11) is 2.15. The average Bonchev–Trinajstić information content (AvgIpc) is 2.93. The molecule has 1 fully saturated rings. The van der Waals surface area contributed by atoms with Gasteiger partial charge in [0.2, 0.25) is 0 Å². The van der Waals surface area contributed by atoms with Crippen LogP contribution < -0.4 is 0 Å². The number of aromatic nitrogens is 1. The van der Waals surface area contributed by atoms with E-state index in [4.69, 9.17) is 0 Å². The summed E-state index contributed by atoms with van der Waals surface area (Å²) in [5, 5.41) is 1.40. The Hall–Kier alpha value is -2.06. The van der Waals surface area contributed by atoms with E-state index >= 15 is 0 Å². The Bertz CT molecular complexity index is 788. The number of rotatable bonds is 3. The molecular formula is C21H24N2. The molecule has 1 aromatic heterocycles. The van der Waals surface area contributed by atoms with Crippen molar-refractivity contribution in [2.24, 2.45) is 7.05 Å². The van der Waals surface area contributed by atoms with Crippen molar-refractivity contribution in [3.63, 3.8) is 0 Å². The molecule has 0 N–H and O–H groups in total. The van der Waals surface area contributed by atoms with Crippen LogP contribution in [0.25, 0.3) is 10.9 Å². The van der Waals surface area contributed by atoms with Crippen LogP contribution in [-0.4, -0.2) is 16.0 Å². The molecule has 2 heterocycles. The van der Waals surface area contributed by atoms with Crippen LogP contribution in [0.1, 0.15) is 36.4 Å². The Morgan fingerprint density at radius 1 is 0.957 bits per heavy atom. The Labute approximate surface area is 138 Å². The van der Waals surface area contributed by atoms with Gasteiger partial charge in [0.1, 0.15) is 0 Å². The Morgan fingerprint density at radius 3 is 2.61 bits per heavy atom. The van der Waals surface area contributed by atoms with Crippen molar-refractivity contribution < 1.29 is 0 Å². The molecule has 3 aromatic rings. The first kappa shape index (κ1) is 14.5. The minimum atomic E-state index is 0.559. The first-order valence-corrected chi connectivity index (χ1v) is 8.65. The molecule has 118 valence electrons. The van der Waals surface area contributed by atoms with Crippen LogP contribution in [0, 0.1) is 0 Å². The summed E-state index contributed by atoms with van der Waals surface area (Å²) in [6.45, 7) is 2.24. The highest BCUT2D eigenvalue weighted by molar-refractivity contribution is 5.83. The van der Waals surface area contributed by atoms with Gasteiger partial charge in [0.05, 0.1) is 0 Å². The maximum Gasteiger partial charge on any atom is 0.0481 e. The molecule has 1 aliphatic rings. The topological polar surface area (TPSA) is 8.17 Å². The predicted molar refractivity (Wildman–Crippen MR) is 96.4 cm³/mol. The van der Waals surface area contributed by atoms with Gasteiger partial charge >= 0.3 is 0 Å². The molecule has 1 unspecified atom stereocenters. The molecule has 0 saturated carbocycles. The molecule has 2 aromatic carbocycles. The molecule has 2 heteroatoms. The van der Waals surface area contributed by atoms with Crippen LogP contribution in [0.5, 0.6) is 0 Å². The lowest BCUT2D eigenvalue weighted by Crippen LogP contribution is -2.32. The molecule has 1 saturated heterocycles. The van der Waals surface area contributed by atoms with E-state index in [1.54, 1.807) is 0 Å². The molecule has 2 nitrogen and oxygen atoms in total. The molecule has 0 aliphatic carbocycles. The number of hydrogen-bond donors (Lipinski definition) is 0. The van der Waals surface area contributed by atoms with Gasteiger partial charge in [0.15, 0.2) is 0 Å². The van der Waals surface area contributed by atoms with E-state index in [-0.39, 0.29) is 0 Å². The Kier molecular flexibility index (Phi) is 3.92. The molecule has 0 spiro atoms. The SMILES string of the molecule is Cn1cc(CN2CCCCC2c2ccccc2)c2ccccc21. The number of hydrogen-bond acceptors (Lipinski definition) is 1. The van der Waals surface area contributed by atoms with E-state index < -0.39 is 0 Å². The zero-order valence-corrected chi connectivity index (χ0v) is 13.8. The third kappa shape index (κ3) is 2.79. The van der Waals surface area contributed by atoms with Crippen LogP contribution in [0.3, 0.4) is 0 Å². The smallest absolute Gasteiger partial charge is 0.0481 e. The van der Waals surface area contributed by atoms with Crippen LogP contribution in [0.15, 0.2) is 60.8 Å². The first-order valence-electron chi connectivity index (χ1n) is 8.65. The monoisotopic (exact) mass is 304 g/mol. The van der Waals surface area contributed by atoms with Crippen molar-refractivity contribution in [1.82, 2.24) is 9.47 Å². The molecule has 1 atom stereocenters. The summed E-state index contributed by atoms with van der Waals surface area (Å²) in [5.41, 5.74) is 4.24. The molecule has 23 heavy (non-hydrogen) atoms. The largest absolute Gasteiger partial charge is 0.350 e. The van der Waals surface area contributed by atoms with Gasteiger partial charge in [-0.2, -0.15) is 0 Å². The summed E-state index contributed by atoms with van der Waals surface area (Å²) < 4.78 is 2.26. The van der Waals surface area contributed by atoms with Gasteiger partial charge in [-0.1, -0.05) is 55.0 Å². The van der Waals surface area contributed by atoms with Crippen molar-refractivity contribution in [2.75, 3.05) is 6.54 Å².